The van der Waals surface area contributed by atoms with Gasteiger partial charge >= 0.3 is 0 Å². The van der Waals surface area contributed by atoms with Crippen LogP contribution in [0.5, 0.6) is 5.75 Å². The molecular formula is C30H23ClN4O. The highest BCUT2D eigenvalue weighted by Gasteiger charge is 2.32. The molecule has 1 atom stereocenters. The van der Waals surface area contributed by atoms with Crippen LogP contribution < -0.4 is 9.75 Å². The van der Waals surface area contributed by atoms with E-state index in [1.165, 1.54) is 0 Å². The molecule has 0 spiro atoms. The van der Waals surface area contributed by atoms with Crippen molar-refractivity contribution in [3.8, 4) is 17.0 Å². The van der Waals surface area contributed by atoms with Crippen molar-refractivity contribution in [2.24, 2.45) is 5.10 Å². The van der Waals surface area contributed by atoms with Gasteiger partial charge in [0.05, 0.1) is 30.1 Å². The number of hydrogen-bond acceptors (Lipinski definition) is 5. The van der Waals surface area contributed by atoms with E-state index in [-0.39, 0.29) is 6.04 Å². The van der Waals surface area contributed by atoms with Crippen LogP contribution in [-0.4, -0.2) is 22.8 Å². The highest BCUT2D eigenvalue weighted by atomic mass is 35.5. The summed E-state index contributed by atoms with van der Waals surface area (Å²) >= 11 is 6.36. The van der Waals surface area contributed by atoms with Gasteiger partial charge in [0.1, 0.15) is 5.75 Å². The number of methoxy groups -OCH3 is 1. The van der Waals surface area contributed by atoms with E-state index in [0.717, 1.165) is 51.2 Å². The summed E-state index contributed by atoms with van der Waals surface area (Å²) in [6, 6.07) is 34.2. The lowest BCUT2D eigenvalue weighted by Gasteiger charge is -2.23. The predicted octanol–water partition coefficient (Wildman–Crippen LogP) is 7.31. The third kappa shape index (κ3) is 4.18. The second-order valence-electron chi connectivity index (χ2n) is 8.65. The van der Waals surface area contributed by atoms with E-state index < -0.39 is 0 Å². The molecule has 0 saturated heterocycles. The van der Waals surface area contributed by atoms with Crippen molar-refractivity contribution in [3.63, 3.8) is 0 Å². The Balaban J connectivity index is 1.52. The summed E-state index contributed by atoms with van der Waals surface area (Å²) in [4.78, 5) is 10.0. The van der Waals surface area contributed by atoms with Gasteiger partial charge in [-0.3, -0.25) is 0 Å². The molecule has 0 bridgehead atoms. The fourth-order valence-electron chi connectivity index (χ4n) is 4.59. The highest BCUT2D eigenvalue weighted by molar-refractivity contribution is 6.31. The second kappa shape index (κ2) is 9.44. The average molecular weight is 491 g/mol. The molecule has 5 nitrogen and oxygen atoms in total. The molecule has 0 amide bonds. The normalized spacial score (nSPS) is 15.2. The lowest BCUT2D eigenvalue weighted by atomic mass is 9.98. The smallest absolute Gasteiger partial charge is 0.247 e. The molecule has 1 aromatic heterocycles. The zero-order valence-electron chi connectivity index (χ0n) is 19.7. The molecule has 6 rings (SSSR count). The number of aromatic nitrogens is 2. The lowest BCUT2D eigenvalue weighted by molar-refractivity contribution is 0.414. The maximum Gasteiger partial charge on any atom is 0.247 e. The Morgan fingerprint density at radius 1 is 0.806 bits per heavy atom. The molecular weight excluding hydrogens is 468 g/mol. The van der Waals surface area contributed by atoms with Crippen molar-refractivity contribution in [3.05, 3.63) is 119 Å². The molecule has 0 N–H and O–H groups in total. The summed E-state index contributed by atoms with van der Waals surface area (Å²) in [6.07, 6.45) is 0.735. The largest absolute Gasteiger partial charge is 0.497 e. The fourth-order valence-corrected chi connectivity index (χ4v) is 4.76. The van der Waals surface area contributed by atoms with Crippen molar-refractivity contribution in [2.75, 3.05) is 12.1 Å². The number of nitrogens with zero attached hydrogens (tertiary/aromatic N) is 4. The zero-order valence-corrected chi connectivity index (χ0v) is 20.4. The van der Waals surface area contributed by atoms with Gasteiger partial charge in [-0.25, -0.2) is 15.0 Å². The molecule has 4 aromatic carbocycles. The van der Waals surface area contributed by atoms with Crippen LogP contribution in [0.1, 0.15) is 23.6 Å². The van der Waals surface area contributed by atoms with Gasteiger partial charge in [-0.15, -0.1) is 0 Å². The van der Waals surface area contributed by atoms with Gasteiger partial charge in [-0.05, 0) is 41.5 Å². The fraction of sp³-hybridized carbons (Fsp3) is 0.100. The Labute approximate surface area is 214 Å². The molecule has 2 heterocycles. The Morgan fingerprint density at radius 3 is 2.19 bits per heavy atom. The number of rotatable bonds is 5. The molecule has 0 unspecified atom stereocenters. The van der Waals surface area contributed by atoms with Gasteiger partial charge < -0.3 is 4.74 Å². The first-order chi connectivity index (χ1) is 17.7. The summed E-state index contributed by atoms with van der Waals surface area (Å²) in [7, 11) is 1.67. The number of halogens is 1. The zero-order chi connectivity index (χ0) is 24.5. The van der Waals surface area contributed by atoms with E-state index >= 15 is 0 Å². The topological polar surface area (TPSA) is 50.6 Å². The van der Waals surface area contributed by atoms with Gasteiger partial charge in [-0.1, -0.05) is 84.4 Å². The van der Waals surface area contributed by atoms with Crippen LogP contribution in [0.4, 0.5) is 5.95 Å². The summed E-state index contributed by atoms with van der Waals surface area (Å²) < 4.78 is 5.38. The van der Waals surface area contributed by atoms with E-state index in [9.17, 15) is 0 Å². The highest BCUT2D eigenvalue weighted by Crippen LogP contribution is 2.38. The average Bonchev–Trinajstić information content (AvgIpc) is 3.39. The van der Waals surface area contributed by atoms with Crippen molar-refractivity contribution in [2.45, 2.75) is 12.5 Å². The Kier molecular flexibility index (Phi) is 5.84. The van der Waals surface area contributed by atoms with E-state index in [1.54, 1.807) is 7.11 Å². The van der Waals surface area contributed by atoms with E-state index in [1.807, 2.05) is 71.7 Å². The van der Waals surface area contributed by atoms with E-state index in [0.29, 0.717) is 11.0 Å². The van der Waals surface area contributed by atoms with Gasteiger partial charge in [0.15, 0.2) is 0 Å². The van der Waals surface area contributed by atoms with Gasteiger partial charge in [0, 0.05) is 22.4 Å². The number of ether oxygens (including phenoxy) is 1. The molecule has 5 aromatic rings. The van der Waals surface area contributed by atoms with Crippen LogP contribution in [0.25, 0.3) is 22.2 Å². The molecule has 36 heavy (non-hydrogen) atoms. The maximum absolute atomic E-state index is 6.36. The molecule has 6 heteroatoms. The van der Waals surface area contributed by atoms with Crippen LogP contribution in [0.15, 0.2) is 108 Å². The quantitative estimate of drug-likeness (QED) is 0.259. The van der Waals surface area contributed by atoms with Crippen LogP contribution in [0, 0.1) is 0 Å². The maximum atomic E-state index is 6.36. The Hall–Kier alpha value is -4.22. The summed E-state index contributed by atoms with van der Waals surface area (Å²) in [5, 5.41) is 8.56. The number of benzene rings is 4. The minimum absolute atomic E-state index is 0.0560. The standard InChI is InChI=1S/C30H23ClN4O/c1-36-24-15-12-21(13-16-24)28-19-27(20-8-4-2-5-9-20)34-35(28)30-32-26-17-14-23(31)18-25(26)29(33-30)22-10-6-3-7-11-22/h2-18,28H,19H2,1H3/t28-/m1/s1. The minimum atomic E-state index is -0.0560. The monoisotopic (exact) mass is 490 g/mol. The Bertz CT molecular complexity index is 1550. The first-order valence-electron chi connectivity index (χ1n) is 11.8. The van der Waals surface area contributed by atoms with Crippen LogP contribution >= 0.6 is 11.6 Å². The molecule has 0 radical (unpaired) electrons. The summed E-state index contributed by atoms with van der Waals surface area (Å²) in [5.74, 6) is 1.37. The summed E-state index contributed by atoms with van der Waals surface area (Å²) in [6.45, 7) is 0. The van der Waals surface area contributed by atoms with Crippen LogP contribution in [0.3, 0.4) is 0 Å². The molecule has 1 aliphatic rings. The van der Waals surface area contributed by atoms with Crippen molar-refractivity contribution in [1.29, 1.82) is 0 Å². The number of anilines is 1. The van der Waals surface area contributed by atoms with Crippen LogP contribution in [0.2, 0.25) is 5.02 Å². The Morgan fingerprint density at radius 2 is 1.50 bits per heavy atom. The molecule has 0 fully saturated rings. The predicted molar refractivity (Wildman–Crippen MR) is 146 cm³/mol. The third-order valence-electron chi connectivity index (χ3n) is 6.42. The lowest BCUT2D eigenvalue weighted by Crippen LogP contribution is -2.21. The van der Waals surface area contributed by atoms with E-state index in [4.69, 9.17) is 31.4 Å². The van der Waals surface area contributed by atoms with Gasteiger partial charge in [0.25, 0.3) is 0 Å². The van der Waals surface area contributed by atoms with Crippen LogP contribution in [-0.2, 0) is 0 Å². The third-order valence-corrected chi connectivity index (χ3v) is 6.65. The molecule has 0 aliphatic carbocycles. The number of fused-ring (bicyclic) bond motifs is 1. The summed E-state index contributed by atoms with van der Waals surface area (Å²) in [5.41, 5.74) is 5.86. The minimum Gasteiger partial charge on any atom is -0.497 e. The van der Waals surface area contributed by atoms with Gasteiger partial charge in [0.2, 0.25) is 5.95 Å². The number of hydrazone groups is 1. The first kappa shape index (κ1) is 22.3. The van der Waals surface area contributed by atoms with Gasteiger partial charge in [-0.2, -0.15) is 5.10 Å². The molecule has 176 valence electrons. The van der Waals surface area contributed by atoms with E-state index in [2.05, 4.69) is 36.4 Å². The second-order valence-corrected chi connectivity index (χ2v) is 9.09. The van der Waals surface area contributed by atoms with Crippen molar-refractivity contribution >= 4 is 34.2 Å². The molecule has 1 aliphatic heterocycles. The van der Waals surface area contributed by atoms with Crippen molar-refractivity contribution < 1.29 is 4.74 Å². The SMILES string of the molecule is COc1ccc([C@H]2CC(c3ccccc3)=NN2c2nc(-c3ccccc3)c3cc(Cl)ccc3n2)cc1. The van der Waals surface area contributed by atoms with Crippen molar-refractivity contribution in [1.82, 2.24) is 9.97 Å². The molecule has 0 saturated carbocycles. The number of hydrogen-bond donors (Lipinski definition) is 0. The first-order valence-corrected chi connectivity index (χ1v) is 12.2.